The van der Waals surface area contributed by atoms with Crippen LogP contribution in [0.25, 0.3) is 11.3 Å². The van der Waals surface area contributed by atoms with Crippen molar-refractivity contribution in [1.82, 2.24) is 14.5 Å². The summed E-state index contributed by atoms with van der Waals surface area (Å²) in [6.45, 7) is 0.768. The molecule has 1 atom stereocenters. The Hall–Kier alpha value is -3.20. The second-order valence-electron chi connectivity index (χ2n) is 6.96. The lowest BCUT2D eigenvalue weighted by Gasteiger charge is -2.35. The number of benzene rings is 1. The van der Waals surface area contributed by atoms with Gasteiger partial charge in [-0.1, -0.05) is 18.2 Å². The van der Waals surface area contributed by atoms with E-state index in [1.807, 2.05) is 0 Å². The summed E-state index contributed by atoms with van der Waals surface area (Å²) in [5.41, 5.74) is 0.310. The lowest BCUT2D eigenvalue weighted by molar-refractivity contribution is -0.139. The molecule has 1 aromatic carbocycles. The van der Waals surface area contributed by atoms with Crippen molar-refractivity contribution in [3.05, 3.63) is 76.3 Å². The summed E-state index contributed by atoms with van der Waals surface area (Å²) < 4.78 is 47.4. The minimum atomic E-state index is -4.48. The van der Waals surface area contributed by atoms with Gasteiger partial charge in [0.2, 0.25) is 5.95 Å². The first-order chi connectivity index (χ1) is 14.3. The number of hydrogen-bond acceptors (Lipinski definition) is 5. The van der Waals surface area contributed by atoms with Gasteiger partial charge in [0.05, 0.1) is 24.4 Å². The third-order valence-electron chi connectivity index (χ3n) is 5.05. The van der Waals surface area contributed by atoms with Gasteiger partial charge in [0.15, 0.2) is 0 Å². The topological polar surface area (TPSA) is 60.2 Å². The lowest BCUT2D eigenvalue weighted by atomic mass is 10.0. The molecule has 0 saturated carbocycles. The Balaban J connectivity index is 1.70. The number of halogens is 3. The molecular formula is C21H19F3N4O2. The highest BCUT2D eigenvalue weighted by atomic mass is 19.4. The van der Waals surface area contributed by atoms with Crippen LogP contribution in [0.2, 0.25) is 0 Å². The zero-order valence-corrected chi connectivity index (χ0v) is 16.1. The molecule has 1 unspecified atom stereocenters. The standard InChI is InChI=1S/C21H19F3N4O2/c1-27-19(29)12-17(14-6-8-25-9-7-14)26-20(27)28-10-11-30-18(13-28)15-4-2-3-5-16(15)21(22,23)24/h2-9,12,18H,10-11,13H2,1H3. The van der Waals surface area contributed by atoms with Crippen LogP contribution in [0.1, 0.15) is 17.2 Å². The highest BCUT2D eigenvalue weighted by molar-refractivity contribution is 5.59. The fourth-order valence-electron chi connectivity index (χ4n) is 3.54. The lowest BCUT2D eigenvalue weighted by Crippen LogP contribution is -2.42. The van der Waals surface area contributed by atoms with Gasteiger partial charge in [0.25, 0.3) is 5.56 Å². The van der Waals surface area contributed by atoms with Crippen LogP contribution in [0.3, 0.4) is 0 Å². The molecule has 0 N–H and O–H groups in total. The number of ether oxygens (including phenoxy) is 1. The van der Waals surface area contributed by atoms with E-state index in [0.717, 1.165) is 11.6 Å². The van der Waals surface area contributed by atoms with Crippen LogP contribution in [0, 0.1) is 0 Å². The smallest absolute Gasteiger partial charge is 0.370 e. The maximum Gasteiger partial charge on any atom is 0.416 e. The van der Waals surface area contributed by atoms with Crippen LogP contribution >= 0.6 is 0 Å². The Morgan fingerprint density at radius 3 is 2.60 bits per heavy atom. The van der Waals surface area contributed by atoms with Crippen LogP contribution < -0.4 is 10.5 Å². The molecule has 3 heterocycles. The third-order valence-corrected chi connectivity index (χ3v) is 5.05. The Bertz CT molecular complexity index is 1100. The first kappa shape index (κ1) is 20.1. The minimum absolute atomic E-state index is 0.0741. The van der Waals surface area contributed by atoms with Gasteiger partial charge in [0.1, 0.15) is 6.10 Å². The molecule has 1 aliphatic heterocycles. The van der Waals surface area contributed by atoms with E-state index in [0.29, 0.717) is 18.2 Å². The summed E-state index contributed by atoms with van der Waals surface area (Å²) in [5, 5.41) is 0. The number of alkyl halides is 3. The van der Waals surface area contributed by atoms with Gasteiger partial charge in [-0.15, -0.1) is 0 Å². The molecular weight excluding hydrogens is 397 g/mol. The van der Waals surface area contributed by atoms with Crippen LogP contribution in [-0.2, 0) is 18.0 Å². The van der Waals surface area contributed by atoms with Crippen LogP contribution in [0.5, 0.6) is 0 Å². The third kappa shape index (κ3) is 3.93. The number of anilines is 1. The van der Waals surface area contributed by atoms with E-state index in [1.54, 1.807) is 42.5 Å². The molecule has 0 spiro atoms. The minimum Gasteiger partial charge on any atom is -0.370 e. The molecule has 1 saturated heterocycles. The van der Waals surface area contributed by atoms with E-state index in [2.05, 4.69) is 9.97 Å². The number of nitrogens with zero attached hydrogens (tertiary/aromatic N) is 4. The summed E-state index contributed by atoms with van der Waals surface area (Å²) in [5.74, 6) is 0.382. The van der Waals surface area contributed by atoms with Crippen molar-refractivity contribution in [3.63, 3.8) is 0 Å². The van der Waals surface area contributed by atoms with Crippen LogP contribution in [0.4, 0.5) is 19.1 Å². The van der Waals surface area contributed by atoms with Gasteiger partial charge in [-0.2, -0.15) is 13.2 Å². The van der Waals surface area contributed by atoms with Crippen molar-refractivity contribution in [2.75, 3.05) is 24.6 Å². The molecule has 0 aliphatic carbocycles. The van der Waals surface area contributed by atoms with Crippen LogP contribution in [0.15, 0.2) is 59.7 Å². The van der Waals surface area contributed by atoms with E-state index >= 15 is 0 Å². The second kappa shape index (κ2) is 7.91. The highest BCUT2D eigenvalue weighted by Gasteiger charge is 2.36. The SMILES string of the molecule is Cn1c(N2CCOC(c3ccccc3C(F)(F)F)C2)nc(-c2ccncc2)cc1=O. The van der Waals surface area contributed by atoms with Crippen molar-refractivity contribution in [2.45, 2.75) is 12.3 Å². The zero-order chi connectivity index (χ0) is 21.3. The molecule has 9 heteroatoms. The van der Waals surface area contributed by atoms with Gasteiger partial charge < -0.3 is 9.64 Å². The normalized spacial score (nSPS) is 17.2. The van der Waals surface area contributed by atoms with Gasteiger partial charge in [-0.3, -0.25) is 14.3 Å². The number of morpholine rings is 1. The molecule has 1 aliphatic rings. The first-order valence-electron chi connectivity index (χ1n) is 9.36. The van der Waals surface area contributed by atoms with Crippen molar-refractivity contribution >= 4 is 5.95 Å². The van der Waals surface area contributed by atoms with Crippen molar-refractivity contribution in [2.24, 2.45) is 7.05 Å². The molecule has 6 nitrogen and oxygen atoms in total. The number of hydrogen-bond donors (Lipinski definition) is 0. The van der Waals surface area contributed by atoms with Crippen molar-refractivity contribution < 1.29 is 17.9 Å². The maximum absolute atomic E-state index is 13.4. The molecule has 0 radical (unpaired) electrons. The van der Waals surface area contributed by atoms with Gasteiger partial charge in [-0.05, 0) is 23.8 Å². The molecule has 156 valence electrons. The maximum atomic E-state index is 13.4. The monoisotopic (exact) mass is 416 g/mol. The molecule has 4 rings (SSSR count). The largest absolute Gasteiger partial charge is 0.416 e. The molecule has 30 heavy (non-hydrogen) atoms. The highest BCUT2D eigenvalue weighted by Crippen LogP contribution is 2.37. The fraction of sp³-hybridized carbons (Fsp3) is 0.286. The number of pyridine rings is 1. The van der Waals surface area contributed by atoms with Crippen molar-refractivity contribution in [1.29, 1.82) is 0 Å². The summed E-state index contributed by atoms with van der Waals surface area (Å²) in [6.07, 6.45) is -2.06. The van der Waals surface area contributed by atoms with E-state index in [4.69, 9.17) is 4.74 Å². The first-order valence-corrected chi connectivity index (χ1v) is 9.36. The summed E-state index contributed by atoms with van der Waals surface area (Å²) in [6, 6.07) is 10.3. The molecule has 0 amide bonds. The summed E-state index contributed by atoms with van der Waals surface area (Å²) in [7, 11) is 1.59. The van der Waals surface area contributed by atoms with Crippen LogP contribution in [-0.4, -0.2) is 34.2 Å². The second-order valence-corrected chi connectivity index (χ2v) is 6.96. The molecule has 2 aromatic heterocycles. The molecule has 0 bridgehead atoms. The summed E-state index contributed by atoms with van der Waals surface area (Å²) >= 11 is 0. The van der Waals surface area contributed by atoms with E-state index in [-0.39, 0.29) is 24.3 Å². The molecule has 1 fully saturated rings. The predicted molar refractivity (Wildman–Crippen MR) is 105 cm³/mol. The van der Waals surface area contributed by atoms with E-state index in [9.17, 15) is 18.0 Å². The quantitative estimate of drug-likeness (QED) is 0.655. The van der Waals surface area contributed by atoms with E-state index in [1.165, 1.54) is 22.8 Å². The number of aromatic nitrogens is 3. The van der Waals surface area contributed by atoms with Gasteiger partial charge in [0, 0.05) is 37.6 Å². The fourth-order valence-corrected chi connectivity index (χ4v) is 3.54. The average molecular weight is 416 g/mol. The Kier molecular flexibility index (Phi) is 5.29. The predicted octanol–water partition coefficient (Wildman–Crippen LogP) is 3.44. The zero-order valence-electron chi connectivity index (χ0n) is 16.1. The summed E-state index contributed by atoms with van der Waals surface area (Å²) in [4.78, 5) is 22.9. The Labute approximate surface area is 170 Å². The van der Waals surface area contributed by atoms with Crippen molar-refractivity contribution in [3.8, 4) is 11.3 Å². The van der Waals surface area contributed by atoms with Gasteiger partial charge in [-0.25, -0.2) is 4.98 Å². The van der Waals surface area contributed by atoms with Gasteiger partial charge >= 0.3 is 6.18 Å². The molecule has 3 aromatic rings. The average Bonchev–Trinajstić information content (AvgIpc) is 2.75. The Morgan fingerprint density at radius 1 is 1.13 bits per heavy atom. The van der Waals surface area contributed by atoms with E-state index < -0.39 is 17.8 Å². The Morgan fingerprint density at radius 2 is 1.87 bits per heavy atom. The number of rotatable bonds is 3.